The van der Waals surface area contributed by atoms with Gasteiger partial charge in [-0.15, -0.1) is 0 Å². The second-order valence-corrected chi connectivity index (χ2v) is 6.18. The summed E-state index contributed by atoms with van der Waals surface area (Å²) in [7, 11) is 0. The van der Waals surface area contributed by atoms with Crippen LogP contribution >= 0.6 is 0 Å². The molecule has 0 aliphatic carbocycles. The molecule has 0 radical (unpaired) electrons. The summed E-state index contributed by atoms with van der Waals surface area (Å²) < 4.78 is 0. The fourth-order valence-corrected chi connectivity index (χ4v) is 3.54. The van der Waals surface area contributed by atoms with Gasteiger partial charge in [0.1, 0.15) is 6.04 Å². The summed E-state index contributed by atoms with van der Waals surface area (Å²) in [6.45, 7) is 4.41. The summed E-state index contributed by atoms with van der Waals surface area (Å²) in [5, 5.41) is 12.6. The normalized spacial score (nSPS) is 19.2. The topological polar surface area (TPSA) is 56.1 Å². The zero-order chi connectivity index (χ0) is 16.0. The predicted molar refractivity (Wildman–Crippen MR) is 89.7 cm³/mol. The Balaban J connectivity index is 1.95. The molecule has 0 aromatic heterocycles. The van der Waals surface area contributed by atoms with Gasteiger partial charge in [-0.25, -0.2) is 0 Å². The van der Waals surface area contributed by atoms with Gasteiger partial charge in [-0.05, 0) is 24.6 Å². The van der Waals surface area contributed by atoms with Gasteiger partial charge in [0.2, 0.25) is 0 Å². The van der Waals surface area contributed by atoms with Crippen molar-refractivity contribution >= 4 is 11.5 Å². The van der Waals surface area contributed by atoms with E-state index in [0.29, 0.717) is 17.7 Å². The summed E-state index contributed by atoms with van der Waals surface area (Å²) in [6, 6.07) is 13.9. The van der Waals surface area contributed by atoms with Gasteiger partial charge in [-0.3, -0.25) is 4.79 Å². The van der Waals surface area contributed by atoms with Gasteiger partial charge in [0.05, 0.1) is 17.3 Å². The van der Waals surface area contributed by atoms with Gasteiger partial charge >= 0.3 is 0 Å². The van der Waals surface area contributed by atoms with E-state index in [0.717, 1.165) is 29.9 Å². The summed E-state index contributed by atoms with van der Waals surface area (Å²) in [4.78, 5) is 14.9. The highest BCUT2D eigenvalue weighted by atomic mass is 16.1. The summed E-state index contributed by atoms with van der Waals surface area (Å²) >= 11 is 0. The van der Waals surface area contributed by atoms with Crippen LogP contribution in [0, 0.1) is 18.3 Å². The highest BCUT2D eigenvalue weighted by Crippen LogP contribution is 2.42. The van der Waals surface area contributed by atoms with Crippen molar-refractivity contribution in [1.29, 1.82) is 5.26 Å². The summed E-state index contributed by atoms with van der Waals surface area (Å²) in [6.07, 6.45) is 0. The van der Waals surface area contributed by atoms with Gasteiger partial charge in [-0.2, -0.15) is 5.26 Å². The molecule has 4 heteroatoms. The molecule has 1 unspecified atom stereocenters. The van der Waals surface area contributed by atoms with Crippen LogP contribution in [0.15, 0.2) is 36.4 Å². The van der Waals surface area contributed by atoms with Crippen LogP contribution in [-0.4, -0.2) is 31.5 Å². The van der Waals surface area contributed by atoms with Crippen molar-refractivity contribution in [3.05, 3.63) is 53.1 Å². The second kappa shape index (κ2) is 5.22. The molecule has 1 atom stereocenters. The number of piperazine rings is 1. The van der Waals surface area contributed by atoms with Crippen LogP contribution in [0.5, 0.6) is 0 Å². The Bertz CT molecular complexity index is 833. The third kappa shape index (κ3) is 2.13. The van der Waals surface area contributed by atoms with Crippen LogP contribution in [0.4, 0.5) is 5.69 Å². The van der Waals surface area contributed by atoms with E-state index in [1.807, 2.05) is 6.07 Å². The van der Waals surface area contributed by atoms with Gasteiger partial charge in [-0.1, -0.05) is 29.8 Å². The third-order valence-corrected chi connectivity index (χ3v) is 4.70. The van der Waals surface area contributed by atoms with Gasteiger partial charge < -0.3 is 10.2 Å². The molecule has 2 aliphatic rings. The first-order chi connectivity index (χ1) is 11.2. The van der Waals surface area contributed by atoms with Crippen LogP contribution < -0.4 is 10.2 Å². The molecular formula is C19H17N3O. The summed E-state index contributed by atoms with van der Waals surface area (Å²) in [5.74, 6) is 0.123. The number of carbonyl (C=O) groups excluding carboxylic acids is 1. The van der Waals surface area contributed by atoms with E-state index in [1.165, 1.54) is 5.56 Å². The number of nitrogens with zero attached hydrogens (tertiary/aromatic N) is 2. The Morgan fingerprint density at radius 2 is 1.96 bits per heavy atom. The Kier molecular flexibility index (Phi) is 3.17. The number of carbonyl (C=O) groups is 1. The number of fused-ring (bicyclic) bond motifs is 3. The number of rotatable bonds is 1. The molecule has 23 heavy (non-hydrogen) atoms. The monoisotopic (exact) mass is 303 g/mol. The molecule has 2 heterocycles. The van der Waals surface area contributed by atoms with E-state index in [-0.39, 0.29) is 11.8 Å². The lowest BCUT2D eigenvalue weighted by molar-refractivity contribution is 0.0965. The Labute approximate surface area is 135 Å². The van der Waals surface area contributed by atoms with Crippen LogP contribution in [0.2, 0.25) is 0 Å². The number of nitriles is 1. The first-order valence-corrected chi connectivity index (χ1v) is 7.86. The van der Waals surface area contributed by atoms with E-state index in [1.54, 1.807) is 6.07 Å². The minimum atomic E-state index is -0.142. The average molecular weight is 303 g/mol. The number of anilines is 1. The van der Waals surface area contributed by atoms with E-state index >= 15 is 0 Å². The second-order valence-electron chi connectivity index (χ2n) is 6.18. The fraction of sp³-hybridized carbons (Fsp3) is 0.263. The Morgan fingerprint density at radius 3 is 2.70 bits per heavy atom. The van der Waals surface area contributed by atoms with Crippen LogP contribution in [0.25, 0.3) is 11.1 Å². The molecule has 1 saturated heterocycles. The Hall–Kier alpha value is -2.64. The lowest BCUT2D eigenvalue weighted by Gasteiger charge is -2.32. The van der Waals surface area contributed by atoms with Gasteiger partial charge in [0, 0.05) is 30.8 Å². The molecule has 1 N–H and O–H groups in total. The Morgan fingerprint density at radius 1 is 1.22 bits per heavy atom. The van der Waals surface area contributed by atoms with Crippen molar-refractivity contribution in [2.75, 3.05) is 24.5 Å². The fourth-order valence-electron chi connectivity index (χ4n) is 3.54. The van der Waals surface area contributed by atoms with E-state index in [4.69, 9.17) is 0 Å². The molecule has 0 saturated carbocycles. The van der Waals surface area contributed by atoms with Crippen molar-refractivity contribution in [2.24, 2.45) is 0 Å². The molecule has 1 fully saturated rings. The highest BCUT2D eigenvalue weighted by Gasteiger charge is 2.40. The molecule has 0 bridgehead atoms. The molecule has 2 aliphatic heterocycles. The van der Waals surface area contributed by atoms with E-state index < -0.39 is 0 Å². The van der Waals surface area contributed by atoms with Crippen molar-refractivity contribution in [3.63, 3.8) is 0 Å². The number of aryl methyl sites for hydroxylation is 1. The molecular weight excluding hydrogens is 286 g/mol. The number of Topliss-reactive ketones (excluding diaryl/α,β-unsaturated/α-hetero) is 1. The maximum atomic E-state index is 12.7. The number of hydrogen-bond acceptors (Lipinski definition) is 4. The van der Waals surface area contributed by atoms with Crippen molar-refractivity contribution in [1.82, 2.24) is 5.32 Å². The minimum Gasteiger partial charge on any atom is -0.357 e. The molecule has 4 nitrogen and oxygen atoms in total. The molecule has 0 spiro atoms. The quantitative estimate of drug-likeness (QED) is 0.879. The lowest BCUT2D eigenvalue weighted by Crippen LogP contribution is -2.51. The van der Waals surface area contributed by atoms with Gasteiger partial charge in [0.15, 0.2) is 5.78 Å². The number of hydrogen-bond donors (Lipinski definition) is 1. The maximum absolute atomic E-state index is 12.7. The molecule has 2 aromatic rings. The number of nitrogens with one attached hydrogen (secondary N) is 1. The first kappa shape index (κ1) is 14.0. The van der Waals surface area contributed by atoms with E-state index in [9.17, 15) is 10.1 Å². The molecule has 0 amide bonds. The number of benzene rings is 2. The van der Waals surface area contributed by atoms with Crippen molar-refractivity contribution in [2.45, 2.75) is 13.0 Å². The zero-order valence-electron chi connectivity index (χ0n) is 13.0. The van der Waals surface area contributed by atoms with Gasteiger partial charge in [0.25, 0.3) is 0 Å². The molecule has 2 aromatic carbocycles. The third-order valence-electron chi connectivity index (χ3n) is 4.70. The minimum absolute atomic E-state index is 0.123. The highest BCUT2D eigenvalue weighted by molar-refractivity contribution is 6.14. The first-order valence-electron chi connectivity index (χ1n) is 7.86. The SMILES string of the molecule is Cc1ccc(-c2cc(C#N)cc3c2N2CCNCC2C3=O)cc1. The molecule has 4 rings (SSSR count). The largest absolute Gasteiger partial charge is 0.357 e. The van der Waals surface area contributed by atoms with Crippen LogP contribution in [0.3, 0.4) is 0 Å². The van der Waals surface area contributed by atoms with Crippen LogP contribution in [-0.2, 0) is 0 Å². The standard InChI is InChI=1S/C19H17N3O/c1-12-2-4-14(5-3-12)15-8-13(10-20)9-16-18(15)22-7-6-21-11-17(22)19(16)23/h2-5,8-9,17,21H,6-7,11H2,1H3. The molecule has 114 valence electrons. The van der Waals surface area contributed by atoms with Crippen LogP contribution in [0.1, 0.15) is 21.5 Å². The average Bonchev–Trinajstić information content (AvgIpc) is 2.88. The lowest BCUT2D eigenvalue weighted by atomic mass is 9.96. The predicted octanol–water partition coefficient (Wildman–Crippen LogP) is 2.51. The maximum Gasteiger partial charge on any atom is 0.188 e. The smallest absolute Gasteiger partial charge is 0.188 e. The zero-order valence-corrected chi connectivity index (χ0v) is 13.0. The van der Waals surface area contributed by atoms with E-state index in [2.05, 4.69) is 47.5 Å². The summed E-state index contributed by atoms with van der Waals surface area (Å²) in [5.41, 5.74) is 5.45. The number of ketones is 1. The van der Waals surface area contributed by atoms with Crippen molar-refractivity contribution in [3.8, 4) is 17.2 Å². The van der Waals surface area contributed by atoms with Crippen molar-refractivity contribution < 1.29 is 4.79 Å².